The van der Waals surface area contributed by atoms with Crippen molar-refractivity contribution >= 4 is 27.5 Å². The van der Waals surface area contributed by atoms with Crippen molar-refractivity contribution in [3.63, 3.8) is 0 Å². The Bertz CT molecular complexity index is 938. The number of sulfone groups is 1. The van der Waals surface area contributed by atoms with Gasteiger partial charge in [0.25, 0.3) is 0 Å². The number of aromatic nitrogens is 2. The Kier molecular flexibility index (Phi) is 4.83. The van der Waals surface area contributed by atoms with Gasteiger partial charge in [-0.15, -0.1) is 0 Å². The summed E-state index contributed by atoms with van der Waals surface area (Å²) < 4.78 is 77.2. The molecule has 0 radical (unpaired) electrons. The highest BCUT2D eigenvalue weighted by Gasteiger charge is 2.36. The largest absolute Gasteiger partial charge is 0.419 e. The Morgan fingerprint density at radius 2 is 1.88 bits per heavy atom. The first-order valence-electron chi connectivity index (χ1n) is 6.44. The van der Waals surface area contributed by atoms with Gasteiger partial charge < -0.3 is 4.90 Å². The molecule has 1 aromatic heterocycles. The third-order valence-corrected chi connectivity index (χ3v) is 5.10. The van der Waals surface area contributed by atoms with E-state index in [9.17, 15) is 30.8 Å². The summed E-state index contributed by atoms with van der Waals surface area (Å²) in [6, 6.07) is 0.459. The van der Waals surface area contributed by atoms with Crippen LogP contribution in [0.4, 0.5) is 22.4 Å². The molecule has 0 spiro atoms. The van der Waals surface area contributed by atoms with E-state index in [2.05, 4.69) is 5.10 Å². The van der Waals surface area contributed by atoms with Crippen molar-refractivity contribution in [1.82, 2.24) is 14.7 Å². The molecule has 0 aliphatic carbocycles. The number of nitrogens with zero attached hydrogens (tertiary/aromatic N) is 3. The molecule has 0 saturated heterocycles. The lowest BCUT2D eigenvalue weighted by atomic mass is 10.2. The van der Waals surface area contributed by atoms with Crippen LogP contribution >= 0.6 is 11.6 Å². The number of carbonyl (C=O) groups excluding carboxylic acids is 1. The molecule has 12 heteroatoms. The molecule has 6 nitrogen and oxygen atoms in total. The highest BCUT2D eigenvalue weighted by Crippen LogP contribution is 2.34. The molecule has 136 valence electrons. The van der Waals surface area contributed by atoms with E-state index in [1.54, 1.807) is 0 Å². The van der Waals surface area contributed by atoms with Crippen LogP contribution in [-0.2, 0) is 16.0 Å². The average molecular weight is 400 g/mol. The molecule has 25 heavy (non-hydrogen) atoms. The van der Waals surface area contributed by atoms with Gasteiger partial charge in [0.05, 0.1) is 21.7 Å². The average Bonchev–Trinajstić information content (AvgIpc) is 2.88. The van der Waals surface area contributed by atoms with Crippen LogP contribution < -0.4 is 0 Å². The molecule has 1 heterocycles. The summed E-state index contributed by atoms with van der Waals surface area (Å²) in [5.74, 6) is -1.62. The Balaban J connectivity index is 2.59. The van der Waals surface area contributed by atoms with E-state index < -0.39 is 48.4 Å². The summed E-state index contributed by atoms with van der Waals surface area (Å²) in [6.45, 7) is 0. The van der Waals surface area contributed by atoms with Gasteiger partial charge in [0.15, 0.2) is 0 Å². The molecule has 1 aromatic carbocycles. The quantitative estimate of drug-likeness (QED) is 0.574. The van der Waals surface area contributed by atoms with E-state index in [1.807, 2.05) is 0 Å². The smallest absolute Gasteiger partial charge is 0.329 e. The van der Waals surface area contributed by atoms with Gasteiger partial charge in [0, 0.05) is 14.1 Å². The van der Waals surface area contributed by atoms with Crippen molar-refractivity contribution in [1.29, 1.82) is 0 Å². The SMILES string of the molecule is CN(C)C(=O)n1cc(Cl)c(S(=O)(=O)c2ccc(F)c(C(F)(F)F)c2)n1. The summed E-state index contributed by atoms with van der Waals surface area (Å²) in [7, 11) is -1.86. The molecule has 0 saturated carbocycles. The van der Waals surface area contributed by atoms with Crippen LogP contribution in [0.2, 0.25) is 5.02 Å². The number of hydrogen-bond donors (Lipinski definition) is 0. The first-order valence-corrected chi connectivity index (χ1v) is 8.30. The molecule has 0 unspecified atom stereocenters. The molecule has 0 fully saturated rings. The molecule has 0 aliphatic heterocycles. The fourth-order valence-corrected chi connectivity index (χ4v) is 3.51. The number of rotatable bonds is 2. The summed E-state index contributed by atoms with van der Waals surface area (Å²) in [5.41, 5.74) is -1.74. The van der Waals surface area contributed by atoms with E-state index in [4.69, 9.17) is 11.6 Å². The number of halogens is 5. The van der Waals surface area contributed by atoms with E-state index in [-0.39, 0.29) is 6.07 Å². The van der Waals surface area contributed by atoms with Crippen molar-refractivity contribution in [2.45, 2.75) is 16.1 Å². The van der Waals surface area contributed by atoms with Crippen LogP contribution in [0.5, 0.6) is 0 Å². The minimum atomic E-state index is -5.08. The first-order chi connectivity index (χ1) is 11.4. The predicted molar refractivity (Wildman–Crippen MR) is 78.6 cm³/mol. The highest BCUT2D eigenvalue weighted by molar-refractivity contribution is 7.91. The fourth-order valence-electron chi connectivity index (χ4n) is 1.82. The zero-order valence-electron chi connectivity index (χ0n) is 12.7. The number of amides is 1. The Hall–Kier alpha value is -2.14. The lowest BCUT2D eigenvalue weighted by Crippen LogP contribution is -2.27. The second-order valence-corrected chi connectivity index (χ2v) is 7.32. The van der Waals surface area contributed by atoms with Gasteiger partial charge in [-0.05, 0) is 18.2 Å². The highest BCUT2D eigenvalue weighted by atomic mass is 35.5. The van der Waals surface area contributed by atoms with Crippen molar-refractivity contribution in [3.05, 3.63) is 40.8 Å². The predicted octanol–water partition coefficient (Wildman–Crippen LogP) is 3.06. The van der Waals surface area contributed by atoms with Gasteiger partial charge in [-0.3, -0.25) is 0 Å². The zero-order valence-corrected chi connectivity index (χ0v) is 14.2. The van der Waals surface area contributed by atoms with Gasteiger partial charge in [-0.1, -0.05) is 11.6 Å². The van der Waals surface area contributed by atoms with Crippen LogP contribution in [0.25, 0.3) is 0 Å². The molecule has 0 bridgehead atoms. The maximum Gasteiger partial charge on any atom is 0.419 e. The van der Waals surface area contributed by atoms with E-state index in [0.717, 1.165) is 11.1 Å². The van der Waals surface area contributed by atoms with Crippen molar-refractivity contribution in [3.8, 4) is 0 Å². The lowest BCUT2D eigenvalue weighted by Gasteiger charge is -2.10. The summed E-state index contributed by atoms with van der Waals surface area (Å²) in [4.78, 5) is 12.0. The molecule has 0 N–H and O–H groups in total. The summed E-state index contributed by atoms with van der Waals surface area (Å²) in [5, 5.41) is 2.24. The molecule has 2 aromatic rings. The number of carbonyl (C=O) groups is 1. The topological polar surface area (TPSA) is 72.3 Å². The summed E-state index contributed by atoms with van der Waals surface area (Å²) in [6.07, 6.45) is -4.18. The third-order valence-electron chi connectivity index (χ3n) is 3.03. The Morgan fingerprint density at radius 1 is 1.28 bits per heavy atom. The van der Waals surface area contributed by atoms with E-state index in [1.165, 1.54) is 14.1 Å². The molecular formula is C13H10ClF4N3O3S. The molecule has 2 rings (SSSR count). The normalized spacial score (nSPS) is 12.3. The van der Waals surface area contributed by atoms with Crippen LogP contribution in [-0.4, -0.2) is 43.2 Å². The van der Waals surface area contributed by atoms with Crippen molar-refractivity contribution in [2.75, 3.05) is 14.1 Å². The van der Waals surface area contributed by atoms with Crippen LogP contribution in [0.3, 0.4) is 0 Å². The number of benzene rings is 1. The Morgan fingerprint density at radius 3 is 2.40 bits per heavy atom. The minimum absolute atomic E-state index is 0.147. The van der Waals surface area contributed by atoms with Gasteiger partial charge in [-0.25, -0.2) is 17.6 Å². The molecule has 1 amide bonds. The maximum atomic E-state index is 13.3. The second-order valence-electron chi connectivity index (χ2n) is 5.05. The van der Waals surface area contributed by atoms with Gasteiger partial charge in [0.1, 0.15) is 5.82 Å². The molecular weight excluding hydrogens is 390 g/mol. The third kappa shape index (κ3) is 3.61. The maximum absolute atomic E-state index is 13.3. The van der Waals surface area contributed by atoms with Crippen LogP contribution in [0, 0.1) is 5.82 Å². The van der Waals surface area contributed by atoms with Gasteiger partial charge >= 0.3 is 12.2 Å². The number of hydrogen-bond acceptors (Lipinski definition) is 4. The van der Waals surface area contributed by atoms with E-state index in [0.29, 0.717) is 16.8 Å². The Labute approximate surface area is 144 Å². The monoisotopic (exact) mass is 399 g/mol. The van der Waals surface area contributed by atoms with Crippen molar-refractivity contribution in [2.24, 2.45) is 0 Å². The zero-order chi connectivity index (χ0) is 19.2. The van der Waals surface area contributed by atoms with Crippen molar-refractivity contribution < 1.29 is 30.8 Å². The molecule has 0 aliphatic rings. The van der Waals surface area contributed by atoms with Crippen LogP contribution in [0.1, 0.15) is 5.56 Å². The van der Waals surface area contributed by atoms with Crippen LogP contribution in [0.15, 0.2) is 34.3 Å². The number of alkyl halides is 3. The minimum Gasteiger partial charge on any atom is -0.329 e. The van der Waals surface area contributed by atoms with E-state index >= 15 is 0 Å². The lowest BCUT2D eigenvalue weighted by molar-refractivity contribution is -0.140. The molecule has 0 atom stereocenters. The fraction of sp³-hybridized carbons (Fsp3) is 0.231. The van der Waals surface area contributed by atoms with Gasteiger partial charge in [-0.2, -0.15) is 23.0 Å². The standard InChI is InChI=1S/C13H10ClF4N3O3S/c1-20(2)12(22)21-6-9(14)11(19-21)25(23,24)7-3-4-10(15)8(5-7)13(16,17)18/h3-6H,1-2H3. The summed E-state index contributed by atoms with van der Waals surface area (Å²) >= 11 is 5.76. The first kappa shape index (κ1) is 19.2. The second kappa shape index (κ2) is 6.30. The van der Waals surface area contributed by atoms with Gasteiger partial charge in [0.2, 0.25) is 14.9 Å².